The highest BCUT2D eigenvalue weighted by atomic mass is 31.0. The highest BCUT2D eigenvalue weighted by molar-refractivity contribution is 7.09. The zero-order valence-corrected chi connectivity index (χ0v) is 11.0. The van der Waals surface area contributed by atoms with Crippen molar-refractivity contribution in [1.82, 2.24) is 0 Å². The molecule has 2 unspecified atom stereocenters. The van der Waals surface area contributed by atoms with Crippen LogP contribution < -0.4 is 0 Å². The molecule has 0 aliphatic rings. The normalized spacial score (nSPS) is 12.5. The first kappa shape index (κ1) is 14.9. The second-order valence-electron chi connectivity index (χ2n) is 3.72. The van der Waals surface area contributed by atoms with E-state index >= 15 is 0 Å². The summed E-state index contributed by atoms with van der Waals surface area (Å²) in [6, 6.07) is 0. The lowest BCUT2D eigenvalue weighted by Gasteiger charge is -2.14. The second-order valence-corrected chi connectivity index (χ2v) is 4.05. The van der Waals surface area contributed by atoms with E-state index in [2.05, 4.69) is 23.3 Å². The highest BCUT2D eigenvalue weighted by Gasteiger charge is 2.09. The maximum Gasteiger partial charge on any atom is 0.308 e. The predicted octanol–water partition coefficient (Wildman–Crippen LogP) is 2.94. The van der Waals surface area contributed by atoms with E-state index in [0.717, 1.165) is 12.8 Å². The SMILES string of the molecule is CCCCC(CC)COC(=O)CCOP. The molecule has 15 heavy (non-hydrogen) atoms. The Morgan fingerprint density at radius 3 is 2.67 bits per heavy atom. The zero-order valence-electron chi connectivity index (χ0n) is 9.83. The van der Waals surface area contributed by atoms with Crippen LogP contribution in [0.4, 0.5) is 0 Å². The Kier molecular flexibility index (Phi) is 10.3. The van der Waals surface area contributed by atoms with Crippen LogP contribution in [0.3, 0.4) is 0 Å². The third kappa shape index (κ3) is 8.83. The summed E-state index contributed by atoms with van der Waals surface area (Å²) < 4.78 is 9.89. The molecule has 0 fully saturated rings. The van der Waals surface area contributed by atoms with Gasteiger partial charge in [0.1, 0.15) is 0 Å². The molecule has 0 aromatic heterocycles. The number of carbonyl (C=O) groups is 1. The number of hydrogen-bond donors (Lipinski definition) is 0. The first-order valence-corrected chi connectivity index (χ1v) is 6.19. The van der Waals surface area contributed by atoms with Gasteiger partial charge in [-0.1, -0.05) is 33.1 Å². The van der Waals surface area contributed by atoms with E-state index in [9.17, 15) is 4.79 Å². The maximum atomic E-state index is 11.2. The molecule has 0 aromatic rings. The summed E-state index contributed by atoms with van der Waals surface area (Å²) in [6.45, 7) is 5.29. The largest absolute Gasteiger partial charge is 0.465 e. The molecule has 0 spiro atoms. The molecular formula is C11H23O3P. The second kappa shape index (κ2) is 10.4. The van der Waals surface area contributed by atoms with Gasteiger partial charge in [0.2, 0.25) is 0 Å². The van der Waals surface area contributed by atoms with Gasteiger partial charge in [0.05, 0.1) is 19.6 Å². The summed E-state index contributed by atoms with van der Waals surface area (Å²) in [4.78, 5) is 11.2. The Labute approximate surface area is 95.2 Å². The summed E-state index contributed by atoms with van der Waals surface area (Å²) in [5, 5.41) is 0. The van der Waals surface area contributed by atoms with E-state index in [1.165, 1.54) is 12.8 Å². The third-order valence-electron chi connectivity index (χ3n) is 2.45. The molecule has 0 bridgehead atoms. The van der Waals surface area contributed by atoms with Gasteiger partial charge in [-0.2, -0.15) is 0 Å². The van der Waals surface area contributed by atoms with E-state index in [-0.39, 0.29) is 5.97 Å². The Bertz CT molecular complexity index is 162. The van der Waals surface area contributed by atoms with Gasteiger partial charge in [0.25, 0.3) is 0 Å². The monoisotopic (exact) mass is 234 g/mol. The lowest BCUT2D eigenvalue weighted by Crippen LogP contribution is -2.14. The molecule has 0 heterocycles. The van der Waals surface area contributed by atoms with E-state index in [4.69, 9.17) is 9.26 Å². The van der Waals surface area contributed by atoms with Gasteiger partial charge in [-0.25, -0.2) is 0 Å². The van der Waals surface area contributed by atoms with Crippen molar-refractivity contribution in [3.63, 3.8) is 0 Å². The lowest BCUT2D eigenvalue weighted by atomic mass is 10.0. The Hall–Kier alpha value is -0.140. The number of carbonyl (C=O) groups excluding carboxylic acids is 1. The van der Waals surface area contributed by atoms with Crippen molar-refractivity contribution in [2.45, 2.75) is 46.0 Å². The molecule has 2 atom stereocenters. The summed E-state index contributed by atoms with van der Waals surface area (Å²) in [7, 11) is 2.13. The van der Waals surface area contributed by atoms with Crippen LogP contribution in [0.2, 0.25) is 0 Å². The van der Waals surface area contributed by atoms with Crippen LogP contribution in [-0.2, 0) is 14.1 Å². The smallest absolute Gasteiger partial charge is 0.308 e. The van der Waals surface area contributed by atoms with Crippen molar-refractivity contribution >= 4 is 15.4 Å². The number of unbranched alkanes of at least 4 members (excludes halogenated alkanes) is 1. The highest BCUT2D eigenvalue weighted by Crippen LogP contribution is 2.13. The Morgan fingerprint density at radius 1 is 1.40 bits per heavy atom. The standard InChI is InChI=1S/C11H23O3P/c1-3-5-6-10(4-2)9-13-11(12)7-8-14-15/h10H,3-9,15H2,1-2H3. The predicted molar refractivity (Wildman–Crippen MR) is 64.5 cm³/mol. The van der Waals surface area contributed by atoms with Gasteiger partial charge >= 0.3 is 5.97 Å². The molecule has 4 heteroatoms. The van der Waals surface area contributed by atoms with Crippen LogP contribution in [0, 0.1) is 5.92 Å². The van der Waals surface area contributed by atoms with Gasteiger partial charge in [-0.05, 0) is 12.3 Å². The molecular weight excluding hydrogens is 211 g/mol. The Balaban J connectivity index is 3.55. The first-order chi connectivity index (χ1) is 7.24. The number of hydrogen-bond acceptors (Lipinski definition) is 3. The van der Waals surface area contributed by atoms with Gasteiger partial charge < -0.3 is 9.26 Å². The summed E-state index contributed by atoms with van der Waals surface area (Å²) in [5.74, 6) is 0.359. The number of esters is 1. The van der Waals surface area contributed by atoms with Crippen LogP contribution in [0.1, 0.15) is 46.0 Å². The van der Waals surface area contributed by atoms with Crippen LogP contribution in [0.5, 0.6) is 0 Å². The van der Waals surface area contributed by atoms with Crippen LogP contribution >= 0.6 is 9.47 Å². The van der Waals surface area contributed by atoms with E-state index in [0.29, 0.717) is 25.6 Å². The molecule has 0 aliphatic carbocycles. The van der Waals surface area contributed by atoms with Crippen LogP contribution in [-0.4, -0.2) is 19.2 Å². The molecule has 0 radical (unpaired) electrons. The van der Waals surface area contributed by atoms with Crippen LogP contribution in [0.25, 0.3) is 0 Å². The maximum absolute atomic E-state index is 11.2. The fourth-order valence-corrected chi connectivity index (χ4v) is 1.44. The van der Waals surface area contributed by atoms with Crippen molar-refractivity contribution in [2.75, 3.05) is 13.2 Å². The minimum atomic E-state index is -0.160. The first-order valence-electron chi connectivity index (χ1n) is 5.71. The molecule has 3 nitrogen and oxygen atoms in total. The zero-order chi connectivity index (χ0) is 11.5. The summed E-state index contributed by atoms with van der Waals surface area (Å²) >= 11 is 0. The molecule has 90 valence electrons. The minimum absolute atomic E-state index is 0.160. The molecule has 0 rings (SSSR count). The van der Waals surface area contributed by atoms with Gasteiger partial charge in [0, 0.05) is 9.47 Å². The molecule has 0 saturated carbocycles. The van der Waals surface area contributed by atoms with Crippen molar-refractivity contribution in [3.8, 4) is 0 Å². The van der Waals surface area contributed by atoms with Crippen molar-refractivity contribution in [1.29, 1.82) is 0 Å². The lowest BCUT2D eigenvalue weighted by molar-refractivity contribution is -0.145. The van der Waals surface area contributed by atoms with Gasteiger partial charge in [0.15, 0.2) is 0 Å². The molecule has 0 aliphatic heterocycles. The fourth-order valence-electron chi connectivity index (χ4n) is 1.32. The van der Waals surface area contributed by atoms with Crippen molar-refractivity contribution in [3.05, 3.63) is 0 Å². The van der Waals surface area contributed by atoms with E-state index in [1.807, 2.05) is 0 Å². The van der Waals surface area contributed by atoms with Crippen LogP contribution in [0.15, 0.2) is 0 Å². The van der Waals surface area contributed by atoms with Crippen molar-refractivity contribution < 1.29 is 14.1 Å². The third-order valence-corrected chi connectivity index (χ3v) is 2.68. The molecule has 0 N–H and O–H groups in total. The van der Waals surface area contributed by atoms with Crippen molar-refractivity contribution in [2.24, 2.45) is 5.92 Å². The minimum Gasteiger partial charge on any atom is -0.465 e. The number of ether oxygens (including phenoxy) is 1. The Morgan fingerprint density at radius 2 is 2.13 bits per heavy atom. The average Bonchev–Trinajstić information content (AvgIpc) is 2.26. The summed E-state index contributed by atoms with van der Waals surface area (Å²) in [5.41, 5.74) is 0. The number of rotatable bonds is 9. The topological polar surface area (TPSA) is 35.5 Å². The van der Waals surface area contributed by atoms with Gasteiger partial charge in [-0.3, -0.25) is 4.79 Å². The summed E-state index contributed by atoms with van der Waals surface area (Å²) in [6.07, 6.45) is 4.98. The van der Waals surface area contributed by atoms with E-state index < -0.39 is 0 Å². The molecule has 0 aromatic carbocycles. The quantitative estimate of drug-likeness (QED) is 0.454. The molecule has 0 amide bonds. The molecule has 0 saturated heterocycles. The van der Waals surface area contributed by atoms with Gasteiger partial charge in [-0.15, -0.1) is 0 Å². The average molecular weight is 234 g/mol. The van der Waals surface area contributed by atoms with E-state index in [1.54, 1.807) is 0 Å². The fraction of sp³-hybridized carbons (Fsp3) is 0.909.